The van der Waals surface area contributed by atoms with Crippen molar-refractivity contribution < 1.29 is 17.9 Å². The molecule has 0 atom stereocenters. The van der Waals surface area contributed by atoms with Crippen LogP contribution in [0.3, 0.4) is 0 Å². The van der Waals surface area contributed by atoms with Crippen molar-refractivity contribution in [3.63, 3.8) is 0 Å². The van der Waals surface area contributed by atoms with Gasteiger partial charge in [0.1, 0.15) is 10.8 Å². The maximum atomic E-state index is 12.2. The fraction of sp³-hybridized carbons (Fsp3) is 0.200. The molecule has 0 bridgehead atoms. The number of ether oxygens (including phenoxy) is 1. The quantitative estimate of drug-likeness (QED) is 0.935. The van der Waals surface area contributed by atoms with Crippen LogP contribution in [0.5, 0.6) is 5.75 Å². The third kappa shape index (κ3) is 3.33. The molecule has 2 N–H and O–H groups in total. The largest absolute Gasteiger partial charge is 0.573 e. The smallest absolute Gasteiger partial charge is 0.405 e. The van der Waals surface area contributed by atoms with Gasteiger partial charge in [0.2, 0.25) is 5.13 Å². The molecular formula is C10H8F3N3OS. The van der Waals surface area contributed by atoms with E-state index in [1.807, 2.05) is 0 Å². The molecule has 2 aromatic rings. The molecule has 1 aromatic heterocycles. The highest BCUT2D eigenvalue weighted by Gasteiger charge is 2.32. The van der Waals surface area contributed by atoms with Crippen LogP contribution in [0.15, 0.2) is 24.3 Å². The number of halogens is 3. The van der Waals surface area contributed by atoms with Crippen molar-refractivity contribution in [1.29, 1.82) is 0 Å². The van der Waals surface area contributed by atoms with Crippen molar-refractivity contribution in [3.8, 4) is 5.75 Å². The SMILES string of the molecule is Nc1nnc(Cc2ccccc2OC(F)(F)F)s1. The van der Waals surface area contributed by atoms with Crippen LogP contribution in [0.25, 0.3) is 0 Å². The van der Waals surface area contributed by atoms with Gasteiger partial charge in [0.05, 0.1) is 0 Å². The summed E-state index contributed by atoms with van der Waals surface area (Å²) in [6, 6.07) is 5.90. The molecule has 4 nitrogen and oxygen atoms in total. The third-order valence-electron chi connectivity index (χ3n) is 2.02. The van der Waals surface area contributed by atoms with Crippen molar-refractivity contribution in [3.05, 3.63) is 34.8 Å². The van der Waals surface area contributed by atoms with Gasteiger partial charge in [-0.15, -0.1) is 23.4 Å². The van der Waals surface area contributed by atoms with Crippen LogP contribution in [0.4, 0.5) is 18.3 Å². The van der Waals surface area contributed by atoms with Crippen molar-refractivity contribution in [2.24, 2.45) is 0 Å². The van der Waals surface area contributed by atoms with Gasteiger partial charge < -0.3 is 10.5 Å². The third-order valence-corrected chi connectivity index (χ3v) is 2.77. The van der Waals surface area contributed by atoms with Crippen LogP contribution in [0.1, 0.15) is 10.6 Å². The van der Waals surface area contributed by atoms with E-state index in [2.05, 4.69) is 14.9 Å². The molecule has 0 aliphatic carbocycles. The number of nitrogens with zero attached hydrogens (tertiary/aromatic N) is 2. The van der Waals surface area contributed by atoms with Crippen molar-refractivity contribution in [2.75, 3.05) is 5.73 Å². The first kappa shape index (κ1) is 12.6. The lowest BCUT2D eigenvalue weighted by Gasteiger charge is -2.12. The first-order chi connectivity index (χ1) is 8.44. The number of benzene rings is 1. The molecule has 1 heterocycles. The van der Waals surface area contributed by atoms with Gasteiger partial charge in [-0.05, 0) is 6.07 Å². The zero-order valence-electron chi connectivity index (χ0n) is 8.94. The average Bonchev–Trinajstić information content (AvgIpc) is 2.65. The summed E-state index contributed by atoms with van der Waals surface area (Å²) >= 11 is 1.13. The molecule has 8 heteroatoms. The van der Waals surface area contributed by atoms with Crippen LogP contribution in [0, 0.1) is 0 Å². The number of hydrogen-bond donors (Lipinski definition) is 1. The molecule has 96 valence electrons. The minimum absolute atomic E-state index is 0.196. The van der Waals surface area contributed by atoms with Gasteiger partial charge in [-0.3, -0.25) is 0 Å². The van der Waals surface area contributed by atoms with Crippen LogP contribution < -0.4 is 10.5 Å². The molecule has 18 heavy (non-hydrogen) atoms. The van der Waals surface area contributed by atoms with Crippen LogP contribution in [0.2, 0.25) is 0 Å². The van der Waals surface area contributed by atoms with E-state index in [4.69, 9.17) is 5.73 Å². The lowest BCUT2D eigenvalue weighted by Crippen LogP contribution is -2.18. The van der Waals surface area contributed by atoms with Gasteiger partial charge in [-0.1, -0.05) is 29.5 Å². The lowest BCUT2D eigenvalue weighted by molar-refractivity contribution is -0.274. The Bertz CT molecular complexity index is 541. The van der Waals surface area contributed by atoms with E-state index in [9.17, 15) is 13.2 Å². The van der Waals surface area contributed by atoms with E-state index in [0.29, 0.717) is 10.6 Å². The summed E-state index contributed by atoms with van der Waals surface area (Å²) in [5.41, 5.74) is 5.79. The number of nitrogen functional groups attached to an aromatic ring is 1. The number of para-hydroxylation sites is 1. The van der Waals surface area contributed by atoms with Crippen molar-refractivity contribution in [2.45, 2.75) is 12.8 Å². The van der Waals surface area contributed by atoms with Gasteiger partial charge >= 0.3 is 6.36 Å². The van der Waals surface area contributed by atoms with Gasteiger partial charge in [0.25, 0.3) is 0 Å². The molecule has 0 aliphatic heterocycles. The van der Waals surface area contributed by atoms with E-state index in [0.717, 1.165) is 11.3 Å². The number of nitrogens with two attached hydrogens (primary N) is 1. The standard InChI is InChI=1S/C10H8F3N3OS/c11-10(12,13)17-7-4-2-1-3-6(7)5-8-15-16-9(14)18-8/h1-4H,5H2,(H2,14,16). The van der Waals surface area contributed by atoms with Crippen LogP contribution >= 0.6 is 11.3 Å². The monoisotopic (exact) mass is 275 g/mol. The Balaban J connectivity index is 2.22. The first-order valence-electron chi connectivity index (χ1n) is 4.85. The Morgan fingerprint density at radius 1 is 1.22 bits per heavy atom. The molecule has 0 saturated heterocycles. The zero-order valence-corrected chi connectivity index (χ0v) is 9.76. The Kier molecular flexibility index (Phi) is 3.37. The molecule has 0 spiro atoms. The summed E-state index contributed by atoms with van der Waals surface area (Å²) < 4.78 is 40.5. The minimum Gasteiger partial charge on any atom is -0.405 e. The van der Waals surface area contributed by atoms with Crippen LogP contribution in [-0.2, 0) is 6.42 Å². The summed E-state index contributed by atoms with van der Waals surface area (Å²) in [5, 5.41) is 8.17. The molecule has 0 amide bonds. The van der Waals surface area contributed by atoms with E-state index in [1.165, 1.54) is 12.1 Å². The average molecular weight is 275 g/mol. The fourth-order valence-corrected chi connectivity index (χ4v) is 2.01. The highest BCUT2D eigenvalue weighted by Crippen LogP contribution is 2.28. The van der Waals surface area contributed by atoms with Crippen LogP contribution in [-0.4, -0.2) is 16.6 Å². The van der Waals surface area contributed by atoms with E-state index in [-0.39, 0.29) is 17.3 Å². The maximum absolute atomic E-state index is 12.2. The topological polar surface area (TPSA) is 61.0 Å². The second kappa shape index (κ2) is 4.81. The molecule has 2 rings (SSSR count). The van der Waals surface area contributed by atoms with Gasteiger partial charge in [-0.2, -0.15) is 0 Å². The zero-order chi connectivity index (χ0) is 13.2. The molecule has 1 aromatic carbocycles. The van der Waals surface area contributed by atoms with E-state index >= 15 is 0 Å². The summed E-state index contributed by atoms with van der Waals surface area (Å²) in [6.45, 7) is 0. The van der Waals surface area contributed by atoms with E-state index in [1.54, 1.807) is 12.1 Å². The number of aromatic nitrogens is 2. The summed E-state index contributed by atoms with van der Waals surface area (Å²) in [7, 11) is 0. The van der Waals surface area contributed by atoms with Gasteiger partial charge in [0, 0.05) is 12.0 Å². The minimum atomic E-state index is -4.71. The Hall–Kier alpha value is -1.83. The highest BCUT2D eigenvalue weighted by atomic mass is 32.1. The Morgan fingerprint density at radius 3 is 2.56 bits per heavy atom. The fourth-order valence-electron chi connectivity index (χ4n) is 1.38. The molecule has 0 unspecified atom stereocenters. The summed E-state index contributed by atoms with van der Waals surface area (Å²) in [6.07, 6.45) is -4.52. The Labute approximate surface area is 104 Å². The second-order valence-corrected chi connectivity index (χ2v) is 4.46. The highest BCUT2D eigenvalue weighted by molar-refractivity contribution is 7.15. The summed E-state index contributed by atoms with van der Waals surface area (Å²) in [4.78, 5) is 0. The molecule has 0 fully saturated rings. The number of alkyl halides is 3. The van der Waals surface area contributed by atoms with Gasteiger partial charge in [0.15, 0.2) is 0 Å². The predicted molar refractivity (Wildman–Crippen MR) is 60.3 cm³/mol. The van der Waals surface area contributed by atoms with Crippen molar-refractivity contribution in [1.82, 2.24) is 10.2 Å². The lowest BCUT2D eigenvalue weighted by atomic mass is 10.1. The van der Waals surface area contributed by atoms with E-state index < -0.39 is 6.36 Å². The Morgan fingerprint density at radius 2 is 1.94 bits per heavy atom. The number of hydrogen-bond acceptors (Lipinski definition) is 5. The predicted octanol–water partition coefficient (Wildman–Crippen LogP) is 2.61. The molecule has 0 aliphatic rings. The first-order valence-corrected chi connectivity index (χ1v) is 5.67. The molecule has 0 radical (unpaired) electrons. The number of anilines is 1. The van der Waals surface area contributed by atoms with Gasteiger partial charge in [-0.25, -0.2) is 0 Å². The summed E-state index contributed by atoms with van der Waals surface area (Å²) in [5.74, 6) is -0.237. The molecule has 0 saturated carbocycles. The van der Waals surface area contributed by atoms with Crippen molar-refractivity contribution >= 4 is 16.5 Å². The maximum Gasteiger partial charge on any atom is 0.573 e. The number of rotatable bonds is 3. The second-order valence-electron chi connectivity index (χ2n) is 3.37. The molecular weight excluding hydrogens is 267 g/mol. The normalized spacial score (nSPS) is 11.5.